The fourth-order valence-corrected chi connectivity index (χ4v) is 3.29. The first-order valence-corrected chi connectivity index (χ1v) is 7.83. The summed E-state index contributed by atoms with van der Waals surface area (Å²) in [6.45, 7) is 0. The number of ether oxygens (including phenoxy) is 1. The minimum atomic E-state index is 0.794. The van der Waals surface area contributed by atoms with Crippen LogP contribution in [0.1, 0.15) is 24.1 Å². The third kappa shape index (κ3) is 2.22. The number of methoxy groups -OCH3 is 1. The number of hydrogen-bond acceptors (Lipinski definition) is 5. The van der Waals surface area contributed by atoms with Crippen molar-refractivity contribution in [2.75, 3.05) is 12.5 Å². The minimum absolute atomic E-state index is 0.794. The van der Waals surface area contributed by atoms with Gasteiger partial charge in [-0.1, -0.05) is 12.1 Å². The minimum Gasteiger partial charge on any atom is -0.496 e. The predicted molar refractivity (Wildman–Crippen MR) is 89.4 cm³/mol. The number of nitrogen functional groups attached to an aromatic ring is 1. The Hall–Kier alpha value is -2.60. The SMILES string of the molecule is COc1ccccc1-c1cc2nc3c(c(NN)n2n1)CCCC3. The number of nitrogens with one attached hydrogen (secondary N) is 1. The molecule has 0 radical (unpaired) electrons. The lowest BCUT2D eigenvalue weighted by atomic mass is 9.96. The summed E-state index contributed by atoms with van der Waals surface area (Å²) >= 11 is 0. The normalized spacial score (nSPS) is 13.8. The molecule has 4 rings (SSSR count). The number of nitrogens with two attached hydrogens (primary N) is 1. The monoisotopic (exact) mass is 309 g/mol. The summed E-state index contributed by atoms with van der Waals surface area (Å²) in [5.41, 5.74) is 7.71. The number of nitrogens with zero attached hydrogens (tertiary/aromatic N) is 3. The molecule has 2 heterocycles. The van der Waals surface area contributed by atoms with Gasteiger partial charge in [0.05, 0.1) is 12.8 Å². The fraction of sp³-hybridized carbons (Fsp3) is 0.294. The molecule has 0 amide bonds. The summed E-state index contributed by atoms with van der Waals surface area (Å²) in [5, 5.41) is 4.70. The summed E-state index contributed by atoms with van der Waals surface area (Å²) in [4.78, 5) is 4.79. The third-order valence-electron chi connectivity index (χ3n) is 4.40. The van der Waals surface area contributed by atoms with Gasteiger partial charge in [0.25, 0.3) is 0 Å². The van der Waals surface area contributed by atoms with Crippen LogP contribution in [0, 0.1) is 0 Å². The number of benzene rings is 1. The van der Waals surface area contributed by atoms with Crippen LogP contribution in [0.5, 0.6) is 5.75 Å². The number of aryl methyl sites for hydroxylation is 1. The van der Waals surface area contributed by atoms with E-state index < -0.39 is 0 Å². The van der Waals surface area contributed by atoms with E-state index in [-0.39, 0.29) is 0 Å². The van der Waals surface area contributed by atoms with Crippen molar-refractivity contribution in [3.05, 3.63) is 41.6 Å². The van der Waals surface area contributed by atoms with Crippen LogP contribution in [0.25, 0.3) is 16.9 Å². The van der Waals surface area contributed by atoms with Crippen molar-refractivity contribution in [3.8, 4) is 17.0 Å². The second-order valence-corrected chi connectivity index (χ2v) is 5.74. The second-order valence-electron chi connectivity index (χ2n) is 5.74. The molecule has 6 heteroatoms. The number of fused-ring (bicyclic) bond motifs is 2. The van der Waals surface area contributed by atoms with Crippen LogP contribution in [0.4, 0.5) is 5.82 Å². The molecule has 0 bridgehead atoms. The Bertz CT molecular complexity index is 871. The van der Waals surface area contributed by atoms with Crippen LogP contribution >= 0.6 is 0 Å². The highest BCUT2D eigenvalue weighted by atomic mass is 16.5. The van der Waals surface area contributed by atoms with Crippen molar-refractivity contribution in [3.63, 3.8) is 0 Å². The Morgan fingerprint density at radius 2 is 2.04 bits per heavy atom. The topological polar surface area (TPSA) is 77.5 Å². The number of para-hydroxylation sites is 1. The van der Waals surface area contributed by atoms with Gasteiger partial charge in [-0.2, -0.15) is 9.61 Å². The van der Waals surface area contributed by atoms with Crippen LogP contribution in [0.2, 0.25) is 0 Å². The van der Waals surface area contributed by atoms with Crippen molar-refractivity contribution < 1.29 is 4.74 Å². The highest BCUT2D eigenvalue weighted by molar-refractivity contribution is 5.71. The van der Waals surface area contributed by atoms with Gasteiger partial charge in [-0.3, -0.25) is 0 Å². The zero-order valence-electron chi connectivity index (χ0n) is 13.0. The zero-order valence-corrected chi connectivity index (χ0v) is 13.0. The van der Waals surface area contributed by atoms with Gasteiger partial charge in [0.1, 0.15) is 11.6 Å². The maximum Gasteiger partial charge on any atom is 0.158 e. The van der Waals surface area contributed by atoms with Gasteiger partial charge in [0, 0.05) is 22.9 Å². The maximum atomic E-state index is 5.78. The molecule has 3 aromatic rings. The number of aromatic nitrogens is 3. The van der Waals surface area contributed by atoms with Gasteiger partial charge in [-0.05, 0) is 37.8 Å². The average molecular weight is 309 g/mol. The molecule has 0 saturated heterocycles. The molecule has 1 aliphatic carbocycles. The quantitative estimate of drug-likeness (QED) is 0.574. The molecular formula is C17H19N5O. The summed E-state index contributed by atoms with van der Waals surface area (Å²) < 4.78 is 7.24. The van der Waals surface area contributed by atoms with E-state index >= 15 is 0 Å². The molecule has 0 fully saturated rings. The van der Waals surface area contributed by atoms with Crippen LogP contribution < -0.4 is 16.0 Å². The Labute approximate surface area is 134 Å². The molecule has 23 heavy (non-hydrogen) atoms. The first-order valence-electron chi connectivity index (χ1n) is 7.83. The molecular weight excluding hydrogens is 290 g/mol. The highest BCUT2D eigenvalue weighted by Crippen LogP contribution is 2.32. The van der Waals surface area contributed by atoms with Crippen molar-refractivity contribution in [1.29, 1.82) is 0 Å². The van der Waals surface area contributed by atoms with Crippen molar-refractivity contribution >= 4 is 11.5 Å². The number of hydrazine groups is 1. The molecule has 2 aromatic heterocycles. The highest BCUT2D eigenvalue weighted by Gasteiger charge is 2.20. The summed E-state index contributed by atoms with van der Waals surface area (Å²) in [7, 11) is 1.67. The van der Waals surface area contributed by atoms with Gasteiger partial charge < -0.3 is 10.2 Å². The summed E-state index contributed by atoms with van der Waals surface area (Å²) in [5.74, 6) is 7.41. The van der Waals surface area contributed by atoms with Gasteiger partial charge in [-0.15, -0.1) is 0 Å². The van der Waals surface area contributed by atoms with Crippen molar-refractivity contribution in [1.82, 2.24) is 14.6 Å². The molecule has 0 unspecified atom stereocenters. The molecule has 0 atom stereocenters. The van der Waals surface area contributed by atoms with E-state index in [4.69, 9.17) is 20.7 Å². The van der Waals surface area contributed by atoms with E-state index in [0.29, 0.717) is 0 Å². The van der Waals surface area contributed by atoms with Crippen molar-refractivity contribution in [2.45, 2.75) is 25.7 Å². The smallest absolute Gasteiger partial charge is 0.158 e. The Balaban J connectivity index is 1.94. The molecule has 1 aliphatic rings. The van der Waals surface area contributed by atoms with E-state index in [1.54, 1.807) is 11.6 Å². The first-order chi connectivity index (χ1) is 11.3. The van der Waals surface area contributed by atoms with Crippen LogP contribution in [0.3, 0.4) is 0 Å². The van der Waals surface area contributed by atoms with Gasteiger partial charge >= 0.3 is 0 Å². The molecule has 3 N–H and O–H groups in total. The molecule has 0 spiro atoms. The third-order valence-corrected chi connectivity index (χ3v) is 4.40. The predicted octanol–water partition coefficient (Wildman–Crippen LogP) is 2.57. The number of hydrogen-bond donors (Lipinski definition) is 2. The van der Waals surface area contributed by atoms with Gasteiger partial charge in [0.2, 0.25) is 0 Å². The molecule has 118 valence electrons. The van der Waals surface area contributed by atoms with Gasteiger partial charge in [-0.25, -0.2) is 10.8 Å². The first kappa shape index (κ1) is 14.0. The summed E-state index contributed by atoms with van der Waals surface area (Å²) in [6.07, 6.45) is 4.32. The lowest BCUT2D eigenvalue weighted by Gasteiger charge is -2.18. The Morgan fingerprint density at radius 3 is 2.87 bits per heavy atom. The zero-order chi connectivity index (χ0) is 15.8. The Kier molecular flexibility index (Phi) is 3.38. The van der Waals surface area contributed by atoms with Crippen LogP contribution in [-0.2, 0) is 12.8 Å². The molecule has 6 nitrogen and oxygen atoms in total. The van der Waals surface area contributed by atoms with E-state index in [9.17, 15) is 0 Å². The fourth-order valence-electron chi connectivity index (χ4n) is 3.29. The Morgan fingerprint density at radius 1 is 1.22 bits per heavy atom. The van der Waals surface area contributed by atoms with Gasteiger partial charge in [0.15, 0.2) is 5.65 Å². The van der Waals surface area contributed by atoms with Crippen molar-refractivity contribution in [2.24, 2.45) is 5.84 Å². The average Bonchev–Trinajstić information content (AvgIpc) is 3.02. The van der Waals surface area contributed by atoms with Crippen LogP contribution in [-0.4, -0.2) is 21.7 Å². The lowest BCUT2D eigenvalue weighted by molar-refractivity contribution is 0.416. The van der Waals surface area contributed by atoms with E-state index in [2.05, 4.69) is 5.43 Å². The van der Waals surface area contributed by atoms with Crippen LogP contribution in [0.15, 0.2) is 30.3 Å². The molecule has 0 saturated carbocycles. The largest absolute Gasteiger partial charge is 0.496 e. The number of rotatable bonds is 3. The maximum absolute atomic E-state index is 5.78. The second kappa shape index (κ2) is 5.55. The van der Waals surface area contributed by atoms with E-state index in [0.717, 1.165) is 53.4 Å². The van der Waals surface area contributed by atoms with E-state index in [1.807, 2.05) is 30.3 Å². The standard InChI is InChI=1S/C17H19N5O/c1-23-15-9-5-3-6-11(15)14-10-16-19-13-8-4-2-7-12(13)17(20-18)22(16)21-14/h3,5-6,9-10,20H,2,4,7-8,18H2,1H3. The summed E-state index contributed by atoms with van der Waals surface area (Å²) in [6, 6.07) is 9.83. The molecule has 0 aliphatic heterocycles. The number of anilines is 1. The van der Waals surface area contributed by atoms with E-state index in [1.165, 1.54) is 12.0 Å². The lowest BCUT2D eigenvalue weighted by Crippen LogP contribution is -2.18. The molecule has 1 aromatic carbocycles.